The summed E-state index contributed by atoms with van der Waals surface area (Å²) in [4.78, 5) is 4.48. The summed E-state index contributed by atoms with van der Waals surface area (Å²) in [5.74, 6) is 2.51. The van der Waals surface area contributed by atoms with E-state index < -0.39 is 0 Å². The normalized spacial score (nSPS) is 11.2. The molecule has 0 radical (unpaired) electrons. The van der Waals surface area contributed by atoms with Gasteiger partial charge in [0.25, 0.3) is 0 Å². The van der Waals surface area contributed by atoms with Crippen LogP contribution in [0.5, 0.6) is 5.75 Å². The van der Waals surface area contributed by atoms with E-state index in [0.717, 1.165) is 33.2 Å². The molecule has 0 bridgehead atoms. The lowest BCUT2D eigenvalue weighted by Crippen LogP contribution is -1.94. The number of imidazole rings is 1. The Morgan fingerprint density at radius 2 is 1.89 bits per heavy atom. The molecule has 0 aliphatic heterocycles. The highest BCUT2D eigenvalue weighted by Crippen LogP contribution is 2.25. The van der Waals surface area contributed by atoms with Crippen LogP contribution in [0.2, 0.25) is 0 Å². The molecule has 0 aliphatic carbocycles. The van der Waals surface area contributed by atoms with Crippen molar-refractivity contribution in [2.24, 2.45) is 7.05 Å². The molecule has 0 spiro atoms. The van der Waals surface area contributed by atoms with E-state index in [0.29, 0.717) is 0 Å². The average molecular weight is 321 g/mol. The van der Waals surface area contributed by atoms with Crippen LogP contribution in [0.25, 0.3) is 17.2 Å². The van der Waals surface area contributed by atoms with E-state index in [2.05, 4.69) is 26.0 Å². The molecule has 2 aromatic heterocycles. The number of rotatable bonds is 2. The number of fused-ring (bicyclic) bond motifs is 1. The monoisotopic (exact) mass is 320 g/mol. The molecule has 5 nitrogen and oxygen atoms in total. The first-order valence-electron chi connectivity index (χ1n) is 5.84. The molecule has 0 amide bonds. The number of hydrogen-bond acceptors (Lipinski definition) is 3. The molecule has 0 saturated heterocycles. The summed E-state index contributed by atoms with van der Waals surface area (Å²) >= 11 is 3.50. The quantitative estimate of drug-likeness (QED) is 0.729. The van der Waals surface area contributed by atoms with Crippen LogP contribution in [-0.2, 0) is 7.05 Å². The first kappa shape index (κ1) is 12.2. The molecular weight excluding hydrogens is 308 g/mol. The highest BCUT2D eigenvalue weighted by Gasteiger charge is 2.15. The van der Waals surface area contributed by atoms with Crippen LogP contribution in [0, 0.1) is 6.92 Å². The molecule has 0 unspecified atom stereocenters. The van der Waals surface area contributed by atoms with Crippen molar-refractivity contribution in [2.75, 3.05) is 7.11 Å². The summed E-state index contributed by atoms with van der Waals surface area (Å²) in [5, 5.41) is 4.59. The van der Waals surface area contributed by atoms with Gasteiger partial charge in [0.2, 0.25) is 5.78 Å². The van der Waals surface area contributed by atoms with Gasteiger partial charge in [-0.05, 0) is 47.1 Å². The molecule has 3 rings (SSSR count). The topological polar surface area (TPSA) is 44.4 Å². The number of aromatic nitrogens is 4. The predicted octanol–water partition coefficient (Wildman–Crippen LogP) is 2.81. The first-order chi connectivity index (χ1) is 9.11. The zero-order valence-corrected chi connectivity index (χ0v) is 12.5. The number of ether oxygens (including phenoxy) is 1. The zero-order valence-electron chi connectivity index (χ0n) is 10.9. The molecule has 19 heavy (non-hydrogen) atoms. The van der Waals surface area contributed by atoms with Gasteiger partial charge in [0.1, 0.15) is 10.4 Å². The Morgan fingerprint density at radius 3 is 2.47 bits per heavy atom. The van der Waals surface area contributed by atoms with Crippen molar-refractivity contribution >= 4 is 21.7 Å². The SMILES string of the molecule is COc1ccc(-c2nn3c(Br)c(C)nc3n2C)cc1. The molecular formula is C13H13BrN4O. The lowest BCUT2D eigenvalue weighted by atomic mass is 10.2. The highest BCUT2D eigenvalue weighted by molar-refractivity contribution is 9.10. The minimum Gasteiger partial charge on any atom is -0.497 e. The molecule has 0 aliphatic rings. The van der Waals surface area contributed by atoms with Gasteiger partial charge in [0.15, 0.2) is 5.82 Å². The Balaban J connectivity index is 2.16. The summed E-state index contributed by atoms with van der Waals surface area (Å²) < 4.78 is 9.82. The third kappa shape index (κ3) is 1.83. The summed E-state index contributed by atoms with van der Waals surface area (Å²) in [7, 11) is 3.62. The van der Waals surface area contributed by atoms with Crippen LogP contribution in [0.15, 0.2) is 28.9 Å². The van der Waals surface area contributed by atoms with Gasteiger partial charge in [-0.2, -0.15) is 4.52 Å². The first-order valence-corrected chi connectivity index (χ1v) is 6.63. The Bertz CT molecular complexity index is 742. The van der Waals surface area contributed by atoms with Crippen LogP contribution in [0.4, 0.5) is 0 Å². The molecule has 6 heteroatoms. The van der Waals surface area contributed by atoms with Crippen molar-refractivity contribution in [3.63, 3.8) is 0 Å². The van der Waals surface area contributed by atoms with Gasteiger partial charge in [-0.25, -0.2) is 4.98 Å². The summed E-state index contributed by atoms with van der Waals surface area (Å²) in [6.07, 6.45) is 0. The van der Waals surface area contributed by atoms with E-state index in [4.69, 9.17) is 4.74 Å². The number of hydrogen-bond donors (Lipinski definition) is 0. The summed E-state index contributed by atoms with van der Waals surface area (Å²) in [6, 6.07) is 7.82. The maximum atomic E-state index is 5.16. The molecule has 0 atom stereocenters. The average Bonchev–Trinajstić information content (AvgIpc) is 2.89. The molecule has 0 fully saturated rings. The number of halogens is 1. The van der Waals surface area contributed by atoms with Crippen molar-refractivity contribution in [2.45, 2.75) is 6.92 Å². The fourth-order valence-electron chi connectivity index (χ4n) is 2.04. The molecule has 2 heterocycles. The van der Waals surface area contributed by atoms with Crippen LogP contribution >= 0.6 is 15.9 Å². The van der Waals surface area contributed by atoms with Crippen molar-refractivity contribution in [1.29, 1.82) is 0 Å². The van der Waals surface area contributed by atoms with Crippen LogP contribution in [0.1, 0.15) is 5.69 Å². The molecule has 0 N–H and O–H groups in total. The van der Waals surface area contributed by atoms with Crippen LogP contribution in [-0.4, -0.2) is 26.3 Å². The third-order valence-corrected chi connectivity index (χ3v) is 4.01. The summed E-state index contributed by atoms with van der Waals surface area (Å²) in [5.41, 5.74) is 1.96. The van der Waals surface area contributed by atoms with Gasteiger partial charge in [-0.15, -0.1) is 5.10 Å². The van der Waals surface area contributed by atoms with Crippen molar-refractivity contribution in [1.82, 2.24) is 19.2 Å². The number of methoxy groups -OCH3 is 1. The largest absolute Gasteiger partial charge is 0.497 e. The number of nitrogens with zero attached hydrogens (tertiary/aromatic N) is 4. The van der Waals surface area contributed by atoms with E-state index in [1.165, 1.54) is 0 Å². The van der Waals surface area contributed by atoms with Crippen LogP contribution in [0.3, 0.4) is 0 Å². The van der Waals surface area contributed by atoms with Gasteiger partial charge in [0, 0.05) is 12.6 Å². The van der Waals surface area contributed by atoms with Crippen LogP contribution < -0.4 is 4.74 Å². The Kier molecular flexibility index (Phi) is 2.82. The Morgan fingerprint density at radius 1 is 1.21 bits per heavy atom. The van der Waals surface area contributed by atoms with E-state index in [9.17, 15) is 0 Å². The maximum Gasteiger partial charge on any atom is 0.233 e. The second-order valence-corrected chi connectivity index (χ2v) is 5.06. The van der Waals surface area contributed by atoms with Gasteiger partial charge in [-0.3, -0.25) is 4.57 Å². The number of aryl methyl sites for hydroxylation is 2. The molecule has 98 valence electrons. The third-order valence-electron chi connectivity index (χ3n) is 3.10. The Labute approximate surface area is 119 Å². The molecule has 3 aromatic rings. The van der Waals surface area contributed by atoms with Crippen molar-refractivity contribution < 1.29 is 4.74 Å². The maximum absolute atomic E-state index is 5.16. The smallest absolute Gasteiger partial charge is 0.233 e. The van der Waals surface area contributed by atoms with E-state index in [-0.39, 0.29) is 0 Å². The second-order valence-electron chi connectivity index (χ2n) is 4.31. The summed E-state index contributed by atoms with van der Waals surface area (Å²) in [6.45, 7) is 1.95. The highest BCUT2D eigenvalue weighted by atomic mass is 79.9. The lowest BCUT2D eigenvalue weighted by Gasteiger charge is -2.02. The van der Waals surface area contributed by atoms with Crippen molar-refractivity contribution in [3.05, 3.63) is 34.6 Å². The van der Waals surface area contributed by atoms with Gasteiger partial charge in [-0.1, -0.05) is 0 Å². The molecule has 1 aromatic carbocycles. The van der Waals surface area contributed by atoms with E-state index in [1.54, 1.807) is 11.6 Å². The predicted molar refractivity (Wildman–Crippen MR) is 76.4 cm³/mol. The number of benzene rings is 1. The lowest BCUT2D eigenvalue weighted by molar-refractivity contribution is 0.415. The second kappa shape index (κ2) is 4.38. The Hall–Kier alpha value is -1.82. The minimum atomic E-state index is 0.815. The molecule has 0 saturated carbocycles. The minimum absolute atomic E-state index is 0.815. The van der Waals surface area contributed by atoms with E-state index >= 15 is 0 Å². The standard InChI is InChI=1S/C13H13BrN4O/c1-8-11(14)18-13(15-8)17(2)12(16-18)9-4-6-10(19-3)7-5-9/h4-7H,1-3H3. The fraction of sp³-hybridized carbons (Fsp3) is 0.231. The fourth-order valence-corrected chi connectivity index (χ4v) is 2.36. The van der Waals surface area contributed by atoms with Crippen molar-refractivity contribution in [3.8, 4) is 17.1 Å². The van der Waals surface area contributed by atoms with E-state index in [1.807, 2.05) is 42.8 Å². The zero-order chi connectivity index (χ0) is 13.6. The van der Waals surface area contributed by atoms with Gasteiger partial charge < -0.3 is 4.74 Å². The van der Waals surface area contributed by atoms with Gasteiger partial charge in [0.05, 0.1) is 12.8 Å². The van der Waals surface area contributed by atoms with Gasteiger partial charge >= 0.3 is 0 Å².